The predicted molar refractivity (Wildman–Crippen MR) is 80.2 cm³/mol. The average Bonchev–Trinajstić information content (AvgIpc) is 2.89. The third-order valence-corrected chi connectivity index (χ3v) is 4.53. The number of hydrogen-bond acceptors (Lipinski definition) is 5. The number of aliphatic hydroxyl groups excluding tert-OH is 1. The van der Waals surface area contributed by atoms with Crippen LogP contribution in [-0.2, 0) is 4.79 Å². The highest BCUT2D eigenvalue weighted by Crippen LogP contribution is 2.25. The van der Waals surface area contributed by atoms with Crippen molar-refractivity contribution in [1.29, 1.82) is 0 Å². The van der Waals surface area contributed by atoms with E-state index in [0.717, 1.165) is 24.2 Å². The molecular formula is C14H18N2O4S. The minimum atomic E-state index is -0.447. The molecule has 2 rings (SSSR count). The summed E-state index contributed by atoms with van der Waals surface area (Å²) < 4.78 is 0. The number of benzene rings is 1. The quantitative estimate of drug-likeness (QED) is 0.476. The van der Waals surface area contributed by atoms with E-state index in [-0.39, 0.29) is 23.5 Å². The number of non-ortho nitro benzene ring substituents is 1. The molecular weight excluding hydrogens is 292 g/mol. The van der Waals surface area contributed by atoms with E-state index in [2.05, 4.69) is 5.32 Å². The van der Waals surface area contributed by atoms with Crippen molar-refractivity contribution in [2.24, 2.45) is 5.92 Å². The first-order valence-corrected chi connectivity index (χ1v) is 7.85. The molecule has 0 heterocycles. The van der Waals surface area contributed by atoms with Gasteiger partial charge in [0.15, 0.2) is 0 Å². The number of thioether (sulfide) groups is 1. The van der Waals surface area contributed by atoms with Gasteiger partial charge in [-0.1, -0.05) is 0 Å². The zero-order chi connectivity index (χ0) is 15.2. The maximum Gasteiger partial charge on any atom is 0.269 e. The summed E-state index contributed by atoms with van der Waals surface area (Å²) >= 11 is 1.35. The smallest absolute Gasteiger partial charge is 0.269 e. The lowest BCUT2D eigenvalue weighted by Gasteiger charge is -2.10. The number of aliphatic hydroxyl groups is 1. The van der Waals surface area contributed by atoms with Crippen molar-refractivity contribution in [3.05, 3.63) is 34.4 Å². The Balaban J connectivity index is 1.69. The molecule has 2 atom stereocenters. The van der Waals surface area contributed by atoms with Gasteiger partial charge in [0.2, 0.25) is 5.91 Å². The molecule has 0 spiro atoms. The van der Waals surface area contributed by atoms with Crippen molar-refractivity contribution in [3.8, 4) is 0 Å². The van der Waals surface area contributed by atoms with E-state index in [9.17, 15) is 20.0 Å². The van der Waals surface area contributed by atoms with Gasteiger partial charge in [0.05, 0.1) is 16.8 Å². The number of carbonyl (C=O) groups is 1. The van der Waals surface area contributed by atoms with Gasteiger partial charge >= 0.3 is 0 Å². The molecule has 0 bridgehead atoms. The standard InChI is InChI=1S/C14H18N2O4S/c17-12-4-1-10(7-12)8-15-14(18)9-21-13-5-2-11(3-6-13)16(19)20/h2-3,5-6,10,12,17H,1,4,7-9H2,(H,15,18). The molecule has 6 nitrogen and oxygen atoms in total. The molecule has 0 radical (unpaired) electrons. The molecule has 1 aliphatic carbocycles. The van der Waals surface area contributed by atoms with Crippen molar-refractivity contribution in [1.82, 2.24) is 5.32 Å². The molecule has 2 N–H and O–H groups in total. The minimum absolute atomic E-state index is 0.0450. The number of nitro groups is 1. The Bertz CT molecular complexity index is 506. The molecule has 0 aliphatic heterocycles. The van der Waals surface area contributed by atoms with Crippen LogP contribution in [0.3, 0.4) is 0 Å². The predicted octanol–water partition coefficient (Wildman–Crippen LogP) is 1.96. The van der Waals surface area contributed by atoms with Gasteiger partial charge in [0.1, 0.15) is 0 Å². The van der Waals surface area contributed by atoms with Crippen LogP contribution in [0.15, 0.2) is 29.2 Å². The van der Waals surface area contributed by atoms with Crippen molar-refractivity contribution in [3.63, 3.8) is 0 Å². The molecule has 1 aromatic rings. The summed E-state index contributed by atoms with van der Waals surface area (Å²) in [6, 6.07) is 6.15. The number of nitrogens with one attached hydrogen (secondary N) is 1. The van der Waals surface area contributed by atoms with Gasteiger partial charge < -0.3 is 10.4 Å². The first-order chi connectivity index (χ1) is 10.0. The highest BCUT2D eigenvalue weighted by Gasteiger charge is 2.22. The van der Waals surface area contributed by atoms with E-state index in [0.29, 0.717) is 12.5 Å². The lowest BCUT2D eigenvalue weighted by Crippen LogP contribution is -2.30. The number of amides is 1. The normalized spacial score (nSPS) is 21.2. The Morgan fingerprint density at radius 1 is 1.38 bits per heavy atom. The summed E-state index contributed by atoms with van der Waals surface area (Å²) in [5.41, 5.74) is 0.0450. The molecule has 21 heavy (non-hydrogen) atoms. The molecule has 1 amide bonds. The summed E-state index contributed by atoms with van der Waals surface area (Å²) in [5.74, 6) is 0.598. The van der Waals surface area contributed by atoms with Crippen LogP contribution in [0.2, 0.25) is 0 Å². The lowest BCUT2D eigenvalue weighted by atomic mass is 10.1. The Morgan fingerprint density at radius 2 is 2.10 bits per heavy atom. The first-order valence-electron chi connectivity index (χ1n) is 6.86. The van der Waals surface area contributed by atoms with Crippen molar-refractivity contribution >= 4 is 23.4 Å². The molecule has 1 aliphatic rings. The van der Waals surface area contributed by atoms with Crippen molar-refractivity contribution in [2.45, 2.75) is 30.3 Å². The fourth-order valence-electron chi connectivity index (χ4n) is 2.36. The number of nitro benzene ring substituents is 1. The van der Waals surface area contributed by atoms with E-state index < -0.39 is 4.92 Å². The molecule has 114 valence electrons. The average molecular weight is 310 g/mol. The second-order valence-electron chi connectivity index (χ2n) is 5.18. The highest BCUT2D eigenvalue weighted by molar-refractivity contribution is 8.00. The number of carbonyl (C=O) groups excluding carboxylic acids is 1. The van der Waals surface area contributed by atoms with Crippen LogP contribution in [0.25, 0.3) is 0 Å². The minimum Gasteiger partial charge on any atom is -0.393 e. The summed E-state index contributed by atoms with van der Waals surface area (Å²) in [7, 11) is 0. The molecule has 1 fully saturated rings. The number of rotatable bonds is 6. The Morgan fingerprint density at radius 3 is 2.67 bits per heavy atom. The van der Waals surface area contributed by atoms with Gasteiger partial charge in [-0.2, -0.15) is 0 Å². The van der Waals surface area contributed by atoms with E-state index >= 15 is 0 Å². The maximum absolute atomic E-state index is 11.7. The van der Waals surface area contributed by atoms with Crippen LogP contribution in [0.5, 0.6) is 0 Å². The highest BCUT2D eigenvalue weighted by atomic mass is 32.2. The Hall–Kier alpha value is -1.60. The van der Waals surface area contributed by atoms with Gasteiger partial charge in [-0.25, -0.2) is 0 Å². The number of nitrogens with zero attached hydrogens (tertiary/aromatic N) is 1. The second-order valence-corrected chi connectivity index (χ2v) is 6.23. The van der Waals surface area contributed by atoms with Crippen LogP contribution >= 0.6 is 11.8 Å². The van der Waals surface area contributed by atoms with Crippen LogP contribution < -0.4 is 5.32 Å². The van der Waals surface area contributed by atoms with Crippen LogP contribution in [0.4, 0.5) is 5.69 Å². The SMILES string of the molecule is O=C(CSc1ccc([N+](=O)[O-])cc1)NCC1CCC(O)C1. The van der Waals surface area contributed by atoms with E-state index in [4.69, 9.17) is 0 Å². The maximum atomic E-state index is 11.7. The van der Waals surface area contributed by atoms with E-state index in [1.807, 2.05) is 0 Å². The Kier molecular flexibility index (Phi) is 5.58. The third-order valence-electron chi connectivity index (χ3n) is 3.52. The molecule has 1 saturated carbocycles. The van der Waals surface area contributed by atoms with Crippen molar-refractivity contribution < 1.29 is 14.8 Å². The largest absolute Gasteiger partial charge is 0.393 e. The molecule has 0 aromatic heterocycles. The molecule has 0 saturated heterocycles. The molecule has 7 heteroatoms. The zero-order valence-corrected chi connectivity index (χ0v) is 12.3. The van der Waals surface area contributed by atoms with Gasteiger partial charge in [-0.3, -0.25) is 14.9 Å². The fourth-order valence-corrected chi connectivity index (χ4v) is 3.08. The van der Waals surface area contributed by atoms with Gasteiger partial charge in [-0.05, 0) is 37.3 Å². The van der Waals surface area contributed by atoms with E-state index in [1.165, 1.54) is 23.9 Å². The van der Waals surface area contributed by atoms with Gasteiger partial charge in [0.25, 0.3) is 5.69 Å². The van der Waals surface area contributed by atoms with Crippen LogP contribution in [0.1, 0.15) is 19.3 Å². The summed E-state index contributed by atoms with van der Waals surface area (Å²) in [4.78, 5) is 22.6. The lowest BCUT2D eigenvalue weighted by molar-refractivity contribution is -0.384. The van der Waals surface area contributed by atoms with Gasteiger partial charge in [0, 0.05) is 23.6 Å². The van der Waals surface area contributed by atoms with Crippen molar-refractivity contribution in [2.75, 3.05) is 12.3 Å². The second kappa shape index (κ2) is 7.42. The monoisotopic (exact) mass is 310 g/mol. The van der Waals surface area contributed by atoms with Gasteiger partial charge in [-0.15, -0.1) is 11.8 Å². The molecule has 2 unspecified atom stereocenters. The van der Waals surface area contributed by atoms with Crippen LogP contribution in [0, 0.1) is 16.0 Å². The van der Waals surface area contributed by atoms with Crippen LogP contribution in [-0.4, -0.2) is 34.3 Å². The molecule has 1 aromatic carbocycles. The third kappa shape index (κ3) is 5.02. The first kappa shape index (κ1) is 15.8. The fraction of sp³-hybridized carbons (Fsp3) is 0.500. The summed E-state index contributed by atoms with van der Waals surface area (Å²) in [6.07, 6.45) is 2.31. The van der Waals surface area contributed by atoms with E-state index in [1.54, 1.807) is 12.1 Å². The zero-order valence-electron chi connectivity index (χ0n) is 11.5. The number of hydrogen-bond donors (Lipinski definition) is 2. The Labute approximate surface area is 127 Å². The topological polar surface area (TPSA) is 92.5 Å². The summed E-state index contributed by atoms with van der Waals surface area (Å²) in [5, 5.41) is 22.8. The summed E-state index contributed by atoms with van der Waals surface area (Å²) in [6.45, 7) is 0.608.